The molecule has 2 aromatic heterocycles. The SMILES string of the molecule is O=C(Nc1cccc(-c2nc3ccccc3[nH]2)c1)c1cccs1. The van der Waals surface area contributed by atoms with E-state index < -0.39 is 0 Å². The standard InChI is InChI=1S/C18H13N3OS/c22-18(16-9-4-10-23-16)19-13-6-3-5-12(11-13)17-20-14-7-1-2-8-15(14)21-17/h1-11H,(H,19,22)(H,20,21). The molecule has 0 radical (unpaired) electrons. The molecule has 4 rings (SSSR count). The Bertz CT molecular complexity index is 940. The number of anilines is 1. The molecule has 0 atom stereocenters. The fourth-order valence-electron chi connectivity index (χ4n) is 2.43. The number of carbonyl (C=O) groups is 1. The molecule has 0 fully saturated rings. The first-order chi connectivity index (χ1) is 11.3. The number of amides is 1. The van der Waals surface area contributed by atoms with Gasteiger partial charge in [0.15, 0.2) is 0 Å². The van der Waals surface area contributed by atoms with Gasteiger partial charge in [-0.1, -0.05) is 30.3 Å². The monoisotopic (exact) mass is 319 g/mol. The lowest BCUT2D eigenvalue weighted by molar-refractivity contribution is 0.103. The Morgan fingerprint density at radius 3 is 2.78 bits per heavy atom. The molecule has 0 aliphatic carbocycles. The summed E-state index contributed by atoms with van der Waals surface area (Å²) in [6, 6.07) is 19.2. The highest BCUT2D eigenvalue weighted by Gasteiger charge is 2.09. The van der Waals surface area contributed by atoms with Crippen LogP contribution in [0, 0.1) is 0 Å². The van der Waals surface area contributed by atoms with Crippen molar-refractivity contribution in [3.05, 3.63) is 70.9 Å². The average Bonchev–Trinajstić information content (AvgIpc) is 3.24. The maximum atomic E-state index is 12.1. The number of rotatable bonds is 3. The van der Waals surface area contributed by atoms with Gasteiger partial charge < -0.3 is 10.3 Å². The second-order valence-electron chi connectivity index (χ2n) is 5.11. The molecule has 4 aromatic rings. The summed E-state index contributed by atoms with van der Waals surface area (Å²) in [5.74, 6) is 0.695. The zero-order chi connectivity index (χ0) is 15.6. The zero-order valence-electron chi connectivity index (χ0n) is 12.1. The second kappa shape index (κ2) is 5.70. The molecule has 5 heteroatoms. The number of hydrogen-bond acceptors (Lipinski definition) is 3. The topological polar surface area (TPSA) is 57.8 Å². The highest BCUT2D eigenvalue weighted by Crippen LogP contribution is 2.23. The van der Waals surface area contributed by atoms with E-state index in [1.54, 1.807) is 0 Å². The highest BCUT2D eigenvalue weighted by molar-refractivity contribution is 7.12. The number of thiophene rings is 1. The minimum absolute atomic E-state index is 0.0956. The third-order valence-corrected chi connectivity index (χ3v) is 4.40. The number of fused-ring (bicyclic) bond motifs is 1. The van der Waals surface area contributed by atoms with Crippen LogP contribution >= 0.6 is 11.3 Å². The van der Waals surface area contributed by atoms with Crippen molar-refractivity contribution in [1.82, 2.24) is 9.97 Å². The molecular formula is C18H13N3OS. The van der Waals surface area contributed by atoms with Gasteiger partial charge in [0.05, 0.1) is 15.9 Å². The van der Waals surface area contributed by atoms with Crippen LogP contribution in [0.5, 0.6) is 0 Å². The van der Waals surface area contributed by atoms with Crippen molar-refractivity contribution in [1.29, 1.82) is 0 Å². The number of carbonyl (C=O) groups excluding carboxylic acids is 1. The number of hydrogen-bond donors (Lipinski definition) is 2. The number of nitrogens with one attached hydrogen (secondary N) is 2. The van der Waals surface area contributed by atoms with Crippen molar-refractivity contribution in [3.8, 4) is 11.4 Å². The first-order valence-corrected chi connectivity index (χ1v) is 8.07. The summed E-state index contributed by atoms with van der Waals surface area (Å²) in [6.45, 7) is 0. The quantitative estimate of drug-likeness (QED) is 0.582. The number of aromatic amines is 1. The fourth-order valence-corrected chi connectivity index (χ4v) is 3.05. The van der Waals surface area contributed by atoms with Crippen molar-refractivity contribution in [2.75, 3.05) is 5.32 Å². The number of imidazole rings is 1. The van der Waals surface area contributed by atoms with E-state index in [0.717, 1.165) is 28.1 Å². The molecule has 1 amide bonds. The van der Waals surface area contributed by atoms with Crippen LogP contribution in [0.15, 0.2) is 66.0 Å². The molecule has 0 spiro atoms. The number of benzene rings is 2. The predicted molar refractivity (Wildman–Crippen MR) is 93.8 cm³/mol. The van der Waals surface area contributed by atoms with Crippen LogP contribution in [0.4, 0.5) is 5.69 Å². The van der Waals surface area contributed by atoms with Crippen molar-refractivity contribution in [2.45, 2.75) is 0 Å². The van der Waals surface area contributed by atoms with Gasteiger partial charge in [-0.25, -0.2) is 4.98 Å². The number of H-pyrrole nitrogens is 1. The summed E-state index contributed by atoms with van der Waals surface area (Å²) in [5.41, 5.74) is 3.61. The summed E-state index contributed by atoms with van der Waals surface area (Å²) < 4.78 is 0. The molecule has 2 N–H and O–H groups in total. The van der Waals surface area contributed by atoms with Gasteiger partial charge in [0.1, 0.15) is 5.82 Å². The van der Waals surface area contributed by atoms with E-state index >= 15 is 0 Å². The van der Waals surface area contributed by atoms with Gasteiger partial charge in [-0.15, -0.1) is 11.3 Å². The first kappa shape index (κ1) is 13.7. The minimum atomic E-state index is -0.0956. The van der Waals surface area contributed by atoms with Crippen LogP contribution < -0.4 is 5.32 Å². The van der Waals surface area contributed by atoms with Crippen molar-refractivity contribution >= 4 is 34.0 Å². The summed E-state index contributed by atoms with van der Waals surface area (Å²) in [7, 11) is 0. The molecule has 0 unspecified atom stereocenters. The van der Waals surface area contributed by atoms with Crippen LogP contribution in [0.2, 0.25) is 0 Å². The molecule has 0 aliphatic rings. The Balaban J connectivity index is 1.64. The number of aromatic nitrogens is 2. The molecular weight excluding hydrogens is 306 g/mol. The van der Waals surface area contributed by atoms with Gasteiger partial charge in [0.2, 0.25) is 0 Å². The lowest BCUT2D eigenvalue weighted by Gasteiger charge is -2.05. The van der Waals surface area contributed by atoms with E-state index in [4.69, 9.17) is 0 Å². The number of nitrogens with zero attached hydrogens (tertiary/aromatic N) is 1. The van der Waals surface area contributed by atoms with Crippen molar-refractivity contribution in [2.24, 2.45) is 0 Å². The van der Waals surface area contributed by atoms with Crippen LogP contribution in [0.25, 0.3) is 22.4 Å². The second-order valence-corrected chi connectivity index (χ2v) is 6.06. The highest BCUT2D eigenvalue weighted by atomic mass is 32.1. The lowest BCUT2D eigenvalue weighted by atomic mass is 10.2. The zero-order valence-corrected chi connectivity index (χ0v) is 12.9. The molecule has 112 valence electrons. The van der Waals surface area contributed by atoms with E-state index in [1.807, 2.05) is 66.0 Å². The van der Waals surface area contributed by atoms with E-state index in [1.165, 1.54) is 11.3 Å². The third-order valence-electron chi connectivity index (χ3n) is 3.53. The van der Waals surface area contributed by atoms with Gasteiger partial charge in [-0.05, 0) is 35.7 Å². The van der Waals surface area contributed by atoms with E-state index in [0.29, 0.717) is 4.88 Å². The molecule has 2 heterocycles. The molecule has 23 heavy (non-hydrogen) atoms. The van der Waals surface area contributed by atoms with Gasteiger partial charge in [-0.2, -0.15) is 0 Å². The fraction of sp³-hybridized carbons (Fsp3) is 0. The van der Waals surface area contributed by atoms with E-state index in [2.05, 4.69) is 15.3 Å². The smallest absolute Gasteiger partial charge is 0.265 e. The molecule has 2 aromatic carbocycles. The molecule has 4 nitrogen and oxygen atoms in total. The van der Waals surface area contributed by atoms with Crippen LogP contribution in [0.3, 0.4) is 0 Å². The largest absolute Gasteiger partial charge is 0.338 e. The number of para-hydroxylation sites is 2. The van der Waals surface area contributed by atoms with Gasteiger partial charge in [0.25, 0.3) is 5.91 Å². The normalized spacial score (nSPS) is 10.8. The third kappa shape index (κ3) is 2.74. The van der Waals surface area contributed by atoms with Crippen molar-refractivity contribution in [3.63, 3.8) is 0 Å². The minimum Gasteiger partial charge on any atom is -0.338 e. The van der Waals surface area contributed by atoms with E-state index in [9.17, 15) is 4.79 Å². The Morgan fingerprint density at radius 1 is 1.04 bits per heavy atom. The van der Waals surface area contributed by atoms with Crippen LogP contribution in [-0.2, 0) is 0 Å². The Kier molecular flexibility index (Phi) is 3.40. The maximum Gasteiger partial charge on any atom is 0.265 e. The molecule has 0 aliphatic heterocycles. The van der Waals surface area contributed by atoms with Gasteiger partial charge >= 0.3 is 0 Å². The van der Waals surface area contributed by atoms with Gasteiger partial charge in [-0.3, -0.25) is 4.79 Å². The summed E-state index contributed by atoms with van der Waals surface area (Å²) >= 11 is 1.42. The molecule has 0 bridgehead atoms. The van der Waals surface area contributed by atoms with Crippen LogP contribution in [-0.4, -0.2) is 15.9 Å². The lowest BCUT2D eigenvalue weighted by Crippen LogP contribution is -2.09. The Morgan fingerprint density at radius 2 is 1.96 bits per heavy atom. The summed E-state index contributed by atoms with van der Waals surface area (Å²) in [5, 5.41) is 4.81. The van der Waals surface area contributed by atoms with Crippen molar-refractivity contribution < 1.29 is 4.79 Å². The maximum absolute atomic E-state index is 12.1. The first-order valence-electron chi connectivity index (χ1n) is 7.20. The Labute approximate surface area is 136 Å². The van der Waals surface area contributed by atoms with Gasteiger partial charge in [0, 0.05) is 11.3 Å². The summed E-state index contributed by atoms with van der Waals surface area (Å²) in [6.07, 6.45) is 0. The summed E-state index contributed by atoms with van der Waals surface area (Å²) in [4.78, 5) is 20.7. The Hall–Kier alpha value is -2.92. The molecule has 0 saturated carbocycles. The molecule has 0 saturated heterocycles. The average molecular weight is 319 g/mol. The van der Waals surface area contributed by atoms with Crippen LogP contribution in [0.1, 0.15) is 9.67 Å². The predicted octanol–water partition coefficient (Wildman–Crippen LogP) is 4.54. The van der Waals surface area contributed by atoms with E-state index in [-0.39, 0.29) is 5.91 Å².